The molecule has 4 bridgehead atoms. The van der Waals surface area contributed by atoms with Gasteiger partial charge in [0.2, 0.25) is 17.7 Å². The molecule has 0 unspecified atom stereocenters. The highest BCUT2D eigenvalue weighted by Crippen LogP contribution is 2.40. The first-order chi connectivity index (χ1) is 29.5. The first-order valence-corrected chi connectivity index (χ1v) is 20.9. The maximum absolute atomic E-state index is 14.4. The summed E-state index contributed by atoms with van der Waals surface area (Å²) in [7, 11) is 3.13. The number of likely N-dealkylation sites (N-methyl/N-ethyl adjacent to an activating group) is 1. The van der Waals surface area contributed by atoms with Crippen molar-refractivity contribution in [2.45, 2.75) is 70.1 Å². The highest BCUT2D eigenvalue weighted by molar-refractivity contribution is 5.99. The number of aryl methyl sites for hydroxylation is 1. The molecule has 14 nitrogen and oxygen atoms in total. The number of hydrogen-bond acceptors (Lipinski definition) is 10. The van der Waals surface area contributed by atoms with Gasteiger partial charge in [-0.1, -0.05) is 61.9 Å². The lowest BCUT2D eigenvalue weighted by atomic mass is 9.93. The number of hydrogen-bond donors (Lipinski definition) is 6. The molecule has 1 heterocycles. The first-order valence-electron chi connectivity index (χ1n) is 20.9. The third kappa shape index (κ3) is 12.0. The molecule has 61 heavy (non-hydrogen) atoms. The number of nitrogens with zero attached hydrogens (tertiary/aromatic N) is 2. The third-order valence-corrected chi connectivity index (χ3v) is 10.6. The fraction of sp³-hybridized carbons (Fsp3) is 0.383. The van der Waals surface area contributed by atoms with Crippen LogP contribution in [0.2, 0.25) is 0 Å². The van der Waals surface area contributed by atoms with Crippen LogP contribution in [0.5, 0.6) is 11.5 Å². The van der Waals surface area contributed by atoms with Crippen molar-refractivity contribution in [1.29, 1.82) is 0 Å². The number of nitrogens with one attached hydrogen (secondary N) is 3. The van der Waals surface area contributed by atoms with E-state index in [-0.39, 0.29) is 38.9 Å². The van der Waals surface area contributed by atoms with Gasteiger partial charge < -0.3 is 52.5 Å². The largest absolute Gasteiger partial charge is 0.492 e. The van der Waals surface area contributed by atoms with E-state index in [2.05, 4.69) is 52.1 Å². The van der Waals surface area contributed by atoms with Crippen molar-refractivity contribution in [2.24, 2.45) is 22.2 Å². The van der Waals surface area contributed by atoms with E-state index in [4.69, 9.17) is 26.7 Å². The van der Waals surface area contributed by atoms with Crippen LogP contribution in [0.4, 0.5) is 0 Å². The maximum Gasteiger partial charge on any atom is 0.251 e. The number of fused-ring (bicyclic) bond motifs is 5. The van der Waals surface area contributed by atoms with Gasteiger partial charge in [-0.3, -0.25) is 19.2 Å². The summed E-state index contributed by atoms with van der Waals surface area (Å²) >= 11 is 0. The van der Waals surface area contributed by atoms with Crippen molar-refractivity contribution in [2.75, 3.05) is 46.9 Å². The van der Waals surface area contributed by atoms with Crippen LogP contribution in [0.1, 0.15) is 66.2 Å². The Morgan fingerprint density at radius 2 is 1.49 bits per heavy atom. The number of nitrogens with two attached hydrogens (primary N) is 3. The number of carbonyl (C=O) groups excluding carboxylic acids is 4. The van der Waals surface area contributed by atoms with E-state index in [1.807, 2.05) is 30.3 Å². The first kappa shape index (κ1) is 46.0. The Hall–Kier alpha value is -6.09. The van der Waals surface area contributed by atoms with Crippen LogP contribution in [-0.4, -0.2) is 99.8 Å². The summed E-state index contributed by atoms with van der Waals surface area (Å²) in [6.45, 7) is 4.47. The quantitative estimate of drug-likeness (QED) is 0.0849. The lowest BCUT2D eigenvalue weighted by molar-refractivity contribution is -0.141. The molecule has 4 aromatic rings. The van der Waals surface area contributed by atoms with Gasteiger partial charge in [0.15, 0.2) is 0 Å². The van der Waals surface area contributed by atoms with Crippen LogP contribution in [0.15, 0.2) is 89.9 Å². The maximum atomic E-state index is 14.4. The number of benzene rings is 4. The summed E-state index contributed by atoms with van der Waals surface area (Å²) in [5, 5.41) is 8.65. The van der Waals surface area contributed by atoms with Gasteiger partial charge in [-0.05, 0) is 90.4 Å². The number of amides is 4. The summed E-state index contributed by atoms with van der Waals surface area (Å²) in [5.41, 5.74) is 23.9. The molecule has 0 spiro atoms. The third-order valence-electron chi connectivity index (χ3n) is 10.6. The van der Waals surface area contributed by atoms with Gasteiger partial charge in [-0.15, -0.1) is 0 Å². The van der Waals surface area contributed by atoms with Gasteiger partial charge in [0.1, 0.15) is 42.8 Å². The van der Waals surface area contributed by atoms with Crippen LogP contribution >= 0.6 is 0 Å². The summed E-state index contributed by atoms with van der Waals surface area (Å²) in [4.78, 5) is 61.4. The van der Waals surface area contributed by atoms with Crippen LogP contribution < -0.4 is 42.6 Å². The van der Waals surface area contributed by atoms with Crippen LogP contribution in [0, 0.1) is 0 Å². The standard InChI is InChI=1S/C47H60N8O6/c1-5-6-7-31-8-11-33(12-9-31)34-13-15-35(16-14-34)45(57)54-40(29-50)47(59)55(4)43-36-17-19-42(61-25-22-49)39(28-36)38-27-32(10-18-41(38)60-24-21-48)26-37(20-23-51-3)53-44(56)30(2)52-46(43)58/h8-19,23,27-28,30,37,40,43H,5-7,20-22,24-26,29,48-50H2,1-4H3,(H,52,58)(H,53,56)(H,54,57)/t30-,37+,40-,43-/m0/s1. The normalized spacial score (nSPS) is 17.1. The van der Waals surface area contributed by atoms with E-state index in [0.29, 0.717) is 46.6 Å². The monoisotopic (exact) mass is 832 g/mol. The lowest BCUT2D eigenvalue weighted by Gasteiger charge is -2.32. The van der Waals surface area contributed by atoms with Crippen LogP contribution in [0.25, 0.3) is 22.3 Å². The molecule has 4 atom stereocenters. The zero-order valence-corrected chi connectivity index (χ0v) is 35.6. The van der Waals surface area contributed by atoms with Crippen molar-refractivity contribution in [1.82, 2.24) is 20.9 Å². The molecule has 0 saturated carbocycles. The molecule has 0 aliphatic carbocycles. The minimum atomic E-state index is -1.29. The molecule has 4 aromatic carbocycles. The van der Waals surface area contributed by atoms with Crippen molar-refractivity contribution >= 4 is 29.8 Å². The highest BCUT2D eigenvalue weighted by Gasteiger charge is 2.35. The van der Waals surface area contributed by atoms with E-state index < -0.39 is 41.8 Å². The predicted molar refractivity (Wildman–Crippen MR) is 240 cm³/mol. The van der Waals surface area contributed by atoms with Crippen molar-refractivity contribution < 1.29 is 28.7 Å². The Morgan fingerprint density at radius 3 is 2.10 bits per heavy atom. The van der Waals surface area contributed by atoms with Crippen molar-refractivity contribution in [3.63, 3.8) is 0 Å². The van der Waals surface area contributed by atoms with Crippen molar-refractivity contribution in [3.05, 3.63) is 107 Å². The molecule has 1 aliphatic rings. The highest BCUT2D eigenvalue weighted by atomic mass is 16.5. The number of unbranched alkanes of at least 4 members (excludes halogenated alkanes) is 1. The Labute approximate surface area is 358 Å². The summed E-state index contributed by atoms with van der Waals surface area (Å²) in [6, 6.07) is 22.6. The van der Waals surface area contributed by atoms with Crippen LogP contribution in [-0.2, 0) is 27.2 Å². The van der Waals surface area contributed by atoms with Gasteiger partial charge in [-0.25, -0.2) is 0 Å². The van der Waals surface area contributed by atoms with Gasteiger partial charge in [0.25, 0.3) is 5.91 Å². The van der Waals surface area contributed by atoms with E-state index >= 15 is 0 Å². The topological polar surface area (TPSA) is 216 Å². The van der Waals surface area contributed by atoms with E-state index in [1.165, 1.54) is 17.5 Å². The molecular weight excluding hydrogens is 773 g/mol. The van der Waals surface area contributed by atoms with Crippen LogP contribution in [0.3, 0.4) is 0 Å². The predicted octanol–water partition coefficient (Wildman–Crippen LogP) is 3.93. The zero-order chi connectivity index (χ0) is 43.9. The molecule has 0 saturated heterocycles. The summed E-state index contributed by atoms with van der Waals surface area (Å²) < 4.78 is 12.3. The molecule has 5 rings (SSSR count). The Kier molecular flexibility index (Phi) is 17.0. The second-order valence-electron chi connectivity index (χ2n) is 15.2. The zero-order valence-electron chi connectivity index (χ0n) is 35.6. The minimum absolute atomic E-state index is 0.210. The molecule has 0 aromatic heterocycles. The second kappa shape index (κ2) is 22.5. The van der Waals surface area contributed by atoms with Gasteiger partial charge >= 0.3 is 0 Å². The fourth-order valence-corrected chi connectivity index (χ4v) is 7.27. The van der Waals surface area contributed by atoms with Crippen molar-refractivity contribution in [3.8, 4) is 33.8 Å². The summed E-state index contributed by atoms with van der Waals surface area (Å²) in [5.74, 6) is -1.17. The second-order valence-corrected chi connectivity index (χ2v) is 15.2. The fourth-order valence-electron chi connectivity index (χ4n) is 7.27. The van der Waals surface area contributed by atoms with E-state index in [1.54, 1.807) is 50.5 Å². The molecular formula is C47H60N8O6. The molecule has 0 radical (unpaired) electrons. The molecule has 14 heteroatoms. The van der Waals surface area contributed by atoms with E-state index in [0.717, 1.165) is 36.0 Å². The molecule has 0 fully saturated rings. The number of rotatable bonds is 17. The average molecular weight is 833 g/mol. The molecule has 4 amide bonds. The number of carbonyl (C=O) groups is 4. The average Bonchev–Trinajstić information content (AvgIpc) is 3.27. The smallest absolute Gasteiger partial charge is 0.251 e. The Bertz CT molecular complexity index is 2140. The molecule has 9 N–H and O–H groups in total. The number of ether oxygens (including phenoxy) is 2. The van der Waals surface area contributed by atoms with Gasteiger partial charge in [-0.2, -0.15) is 0 Å². The molecule has 324 valence electrons. The SMILES string of the molecule is CCCCc1ccc(-c2ccc(C(=O)N[C@@H](CN)C(=O)N(C)[C@@H]3C(=O)N[C@@H](C)C(=O)N[C@H](CC=NC)Cc4ccc(OCCN)c(c4)-c4cc3ccc4OCCN)cc2)cc1. The lowest BCUT2D eigenvalue weighted by Crippen LogP contribution is -2.55. The van der Waals surface area contributed by atoms with Gasteiger partial charge in [0, 0.05) is 69.1 Å². The number of aliphatic imine (C=N–C) groups is 1. The Balaban J connectivity index is 1.50. The Morgan fingerprint density at radius 1 is 0.869 bits per heavy atom. The van der Waals surface area contributed by atoms with Gasteiger partial charge in [0.05, 0.1) is 0 Å². The van der Waals surface area contributed by atoms with E-state index in [9.17, 15) is 19.2 Å². The molecule has 1 aliphatic heterocycles. The summed E-state index contributed by atoms with van der Waals surface area (Å²) in [6.07, 6.45) is 5.91. The minimum Gasteiger partial charge on any atom is -0.492 e.